The average Bonchev–Trinajstić information content (AvgIpc) is 2.50. The first-order valence-corrected chi connectivity index (χ1v) is 5.07. The quantitative estimate of drug-likeness (QED) is 0.714. The van der Waals surface area contributed by atoms with E-state index >= 15 is 0 Å². The molecule has 1 fully saturated rings. The Morgan fingerprint density at radius 3 is 2.64 bits per heavy atom. The summed E-state index contributed by atoms with van der Waals surface area (Å²) in [5.41, 5.74) is 0. The molecule has 1 heterocycles. The second-order valence-corrected chi connectivity index (χ2v) is 4.09. The maximum atomic E-state index is 10.7. The topological polar surface area (TPSA) is 66.8 Å². The van der Waals surface area contributed by atoms with E-state index in [2.05, 4.69) is 0 Å². The number of carboxylic acid groups (broad SMARTS) is 1. The van der Waals surface area contributed by atoms with E-state index in [4.69, 9.17) is 14.9 Å². The Morgan fingerprint density at radius 1 is 1.50 bits per heavy atom. The maximum absolute atomic E-state index is 10.7. The highest BCUT2D eigenvalue weighted by molar-refractivity contribution is 5.70. The largest absolute Gasteiger partial charge is 0.481 e. The molecular weight excluding hydrogens is 184 g/mol. The van der Waals surface area contributed by atoms with Crippen LogP contribution in [0.5, 0.6) is 0 Å². The molecule has 1 saturated heterocycles. The fourth-order valence-electron chi connectivity index (χ4n) is 1.81. The van der Waals surface area contributed by atoms with Crippen LogP contribution in [0.3, 0.4) is 0 Å². The molecule has 0 unspecified atom stereocenters. The van der Waals surface area contributed by atoms with Gasteiger partial charge in [-0.05, 0) is 33.1 Å². The van der Waals surface area contributed by atoms with Crippen LogP contribution in [-0.4, -0.2) is 34.5 Å². The molecule has 2 N–H and O–H groups in total. The van der Waals surface area contributed by atoms with Gasteiger partial charge in [-0.2, -0.15) is 0 Å². The van der Waals surface area contributed by atoms with E-state index in [0.29, 0.717) is 6.42 Å². The number of aliphatic hydroxyl groups is 1. The van der Waals surface area contributed by atoms with E-state index in [1.54, 1.807) is 13.8 Å². The van der Waals surface area contributed by atoms with E-state index < -0.39 is 11.9 Å². The lowest BCUT2D eigenvalue weighted by Crippen LogP contribution is -2.26. The standard InChI is InChI=1S/C10H18O4/c1-6(11)5-8-3-4-9(14-8)7(2)10(12)13/h6-9,11H,3-5H2,1-2H3,(H,12,13)/t6-,7+,8+,9-/m0/s1. The lowest BCUT2D eigenvalue weighted by molar-refractivity contribution is -0.146. The average molecular weight is 202 g/mol. The first-order chi connectivity index (χ1) is 6.50. The van der Waals surface area contributed by atoms with Crippen molar-refractivity contribution < 1.29 is 19.7 Å². The Labute approximate surface area is 83.9 Å². The Balaban J connectivity index is 2.37. The summed E-state index contributed by atoms with van der Waals surface area (Å²) in [6.45, 7) is 3.38. The molecule has 0 bridgehead atoms. The number of rotatable bonds is 4. The zero-order chi connectivity index (χ0) is 10.7. The molecular formula is C10H18O4. The minimum absolute atomic E-state index is 0.0294. The lowest BCUT2D eigenvalue weighted by Gasteiger charge is -2.17. The Morgan fingerprint density at radius 2 is 2.14 bits per heavy atom. The fraction of sp³-hybridized carbons (Fsp3) is 0.900. The Kier molecular flexibility index (Phi) is 3.89. The molecule has 82 valence electrons. The molecule has 14 heavy (non-hydrogen) atoms. The van der Waals surface area contributed by atoms with Gasteiger partial charge in [-0.3, -0.25) is 4.79 Å². The third-order valence-electron chi connectivity index (χ3n) is 2.69. The molecule has 0 saturated carbocycles. The van der Waals surface area contributed by atoms with Crippen LogP contribution in [-0.2, 0) is 9.53 Å². The van der Waals surface area contributed by atoms with E-state index in [-0.39, 0.29) is 18.3 Å². The highest BCUT2D eigenvalue weighted by Gasteiger charge is 2.33. The summed E-state index contributed by atoms with van der Waals surface area (Å²) in [6.07, 6.45) is 1.71. The molecule has 0 aliphatic carbocycles. The van der Waals surface area contributed by atoms with E-state index in [1.165, 1.54) is 0 Å². The van der Waals surface area contributed by atoms with Crippen molar-refractivity contribution >= 4 is 5.97 Å². The molecule has 0 radical (unpaired) electrons. The van der Waals surface area contributed by atoms with Gasteiger partial charge in [-0.25, -0.2) is 0 Å². The number of carboxylic acids is 1. The summed E-state index contributed by atoms with van der Waals surface area (Å²) in [7, 11) is 0. The number of aliphatic carboxylic acids is 1. The third-order valence-corrected chi connectivity index (χ3v) is 2.69. The molecule has 1 rings (SSSR count). The van der Waals surface area contributed by atoms with Gasteiger partial charge in [0.25, 0.3) is 0 Å². The monoisotopic (exact) mass is 202 g/mol. The van der Waals surface area contributed by atoms with Gasteiger partial charge in [0.15, 0.2) is 0 Å². The maximum Gasteiger partial charge on any atom is 0.308 e. The second kappa shape index (κ2) is 4.75. The fourth-order valence-corrected chi connectivity index (χ4v) is 1.81. The van der Waals surface area contributed by atoms with Crippen molar-refractivity contribution in [1.82, 2.24) is 0 Å². The van der Waals surface area contributed by atoms with E-state index in [9.17, 15) is 4.79 Å². The summed E-state index contributed by atoms with van der Waals surface area (Å²) >= 11 is 0. The number of hydrogen-bond acceptors (Lipinski definition) is 3. The zero-order valence-electron chi connectivity index (χ0n) is 8.64. The van der Waals surface area contributed by atoms with Crippen molar-refractivity contribution in [3.05, 3.63) is 0 Å². The van der Waals surface area contributed by atoms with Crippen molar-refractivity contribution in [3.8, 4) is 0 Å². The smallest absolute Gasteiger partial charge is 0.308 e. The predicted octanol–water partition coefficient (Wildman–Crippen LogP) is 1.03. The minimum atomic E-state index is -0.812. The van der Waals surface area contributed by atoms with Crippen LogP contribution in [0.15, 0.2) is 0 Å². The summed E-state index contributed by atoms with van der Waals surface area (Å²) in [6, 6.07) is 0. The third kappa shape index (κ3) is 2.96. The van der Waals surface area contributed by atoms with Crippen LogP contribution in [0.2, 0.25) is 0 Å². The van der Waals surface area contributed by atoms with Gasteiger partial charge in [0.2, 0.25) is 0 Å². The number of aliphatic hydroxyl groups excluding tert-OH is 1. The molecule has 4 atom stereocenters. The molecule has 0 amide bonds. The van der Waals surface area contributed by atoms with Crippen LogP contribution in [0.4, 0.5) is 0 Å². The summed E-state index contributed by atoms with van der Waals surface area (Å²) in [4.78, 5) is 10.7. The van der Waals surface area contributed by atoms with Crippen LogP contribution in [0, 0.1) is 5.92 Å². The van der Waals surface area contributed by atoms with Crippen molar-refractivity contribution in [3.63, 3.8) is 0 Å². The number of hydrogen-bond donors (Lipinski definition) is 2. The summed E-state index contributed by atoms with van der Waals surface area (Å²) < 4.78 is 5.55. The van der Waals surface area contributed by atoms with Gasteiger partial charge in [0.1, 0.15) is 0 Å². The van der Waals surface area contributed by atoms with Crippen molar-refractivity contribution in [1.29, 1.82) is 0 Å². The normalized spacial score (nSPS) is 31.4. The summed E-state index contributed by atoms with van der Waals surface area (Å²) in [5, 5.41) is 17.9. The van der Waals surface area contributed by atoms with E-state index in [0.717, 1.165) is 12.8 Å². The van der Waals surface area contributed by atoms with Crippen molar-refractivity contribution in [2.45, 2.75) is 51.4 Å². The predicted molar refractivity (Wildman–Crippen MR) is 51.0 cm³/mol. The molecule has 0 aromatic carbocycles. The molecule has 0 aromatic heterocycles. The van der Waals surface area contributed by atoms with Gasteiger partial charge in [-0.1, -0.05) is 0 Å². The first-order valence-electron chi connectivity index (χ1n) is 5.07. The Bertz CT molecular complexity index is 202. The molecule has 4 heteroatoms. The van der Waals surface area contributed by atoms with Crippen LogP contribution in [0.25, 0.3) is 0 Å². The molecule has 1 aliphatic heterocycles. The van der Waals surface area contributed by atoms with Crippen LogP contribution < -0.4 is 0 Å². The first kappa shape index (κ1) is 11.5. The van der Waals surface area contributed by atoms with Gasteiger partial charge in [0, 0.05) is 0 Å². The zero-order valence-corrected chi connectivity index (χ0v) is 8.64. The highest BCUT2D eigenvalue weighted by atomic mass is 16.5. The van der Waals surface area contributed by atoms with Crippen molar-refractivity contribution in [2.24, 2.45) is 5.92 Å². The minimum Gasteiger partial charge on any atom is -0.481 e. The van der Waals surface area contributed by atoms with Gasteiger partial charge in [0.05, 0.1) is 24.2 Å². The SMILES string of the molecule is C[C@H](O)C[C@H]1CC[C@@H]([C@@H](C)C(=O)O)O1. The Hall–Kier alpha value is -0.610. The molecule has 1 aliphatic rings. The summed E-state index contributed by atoms with van der Waals surface area (Å²) in [5.74, 6) is -1.26. The van der Waals surface area contributed by atoms with Gasteiger partial charge >= 0.3 is 5.97 Å². The van der Waals surface area contributed by atoms with Gasteiger partial charge < -0.3 is 14.9 Å². The lowest BCUT2D eigenvalue weighted by atomic mass is 10.0. The van der Waals surface area contributed by atoms with Crippen LogP contribution >= 0.6 is 0 Å². The number of carbonyl (C=O) groups is 1. The number of ether oxygens (including phenoxy) is 1. The van der Waals surface area contributed by atoms with Crippen LogP contribution in [0.1, 0.15) is 33.1 Å². The van der Waals surface area contributed by atoms with Crippen molar-refractivity contribution in [2.75, 3.05) is 0 Å². The molecule has 4 nitrogen and oxygen atoms in total. The molecule has 0 spiro atoms. The highest BCUT2D eigenvalue weighted by Crippen LogP contribution is 2.27. The van der Waals surface area contributed by atoms with E-state index in [1.807, 2.05) is 0 Å². The van der Waals surface area contributed by atoms with Gasteiger partial charge in [-0.15, -0.1) is 0 Å². The molecule has 0 aromatic rings. The second-order valence-electron chi connectivity index (χ2n) is 4.09.